The molecule has 0 radical (unpaired) electrons. The maximum Gasteiger partial charge on any atom is 0.241 e. The molecule has 1 aliphatic rings. The molecule has 0 unspecified atom stereocenters. The maximum atomic E-state index is 12.2. The monoisotopic (exact) mass is 220 g/mol. The van der Waals surface area contributed by atoms with E-state index in [9.17, 15) is 9.59 Å². The highest BCUT2D eigenvalue weighted by Crippen LogP contribution is 2.29. The smallest absolute Gasteiger partial charge is 0.241 e. The van der Waals surface area contributed by atoms with Gasteiger partial charge in [0.2, 0.25) is 11.8 Å². The second-order valence-electron chi connectivity index (χ2n) is 3.69. The first kappa shape index (κ1) is 8.33. The van der Waals surface area contributed by atoms with Crippen LogP contribution >= 0.6 is 0 Å². The third-order valence-electron chi connectivity index (χ3n) is 2.96. The lowest BCUT2D eigenvalue weighted by molar-refractivity contribution is -0.141. The quantitative estimate of drug-likeness (QED) is 0.715. The van der Waals surface area contributed by atoms with Crippen LogP contribution in [-0.4, -0.2) is 18.5 Å². The highest BCUT2D eigenvalue weighted by atomic mass is 16.2. The predicted octanol–water partition coefficient (Wildman–Crippen LogP) is 0.538. The number of nitrogens with one attached hydrogen (secondary N) is 2. The third kappa shape index (κ3) is 1.38. The highest BCUT2D eigenvalue weighted by Gasteiger charge is 2.47. The number of benzene rings is 1. The molecule has 1 fully saturated rings. The zero-order valence-electron chi connectivity index (χ0n) is 11.0. The Kier molecular flexibility index (Phi) is 2.06. The van der Waals surface area contributed by atoms with Crippen LogP contribution < -0.4 is 10.6 Å². The molecule has 0 aliphatic carbocycles. The lowest BCUT2D eigenvalue weighted by Gasteiger charge is -2.34. The van der Waals surface area contributed by atoms with Gasteiger partial charge in [0.1, 0.15) is 0 Å². The van der Waals surface area contributed by atoms with E-state index in [-0.39, 0.29) is 13.1 Å². The third-order valence-corrected chi connectivity index (χ3v) is 2.96. The molecule has 4 heteroatoms. The molecule has 2 amide bonds. The fourth-order valence-electron chi connectivity index (χ4n) is 2.00. The van der Waals surface area contributed by atoms with E-state index in [0.717, 1.165) is 0 Å². The van der Waals surface area contributed by atoms with Gasteiger partial charge in [-0.25, -0.2) is 0 Å². The van der Waals surface area contributed by atoms with Crippen LogP contribution in [0.1, 0.15) is 18.9 Å². The molecule has 1 heterocycles. The molecule has 16 heavy (non-hydrogen) atoms. The minimum absolute atomic E-state index is 0.236. The number of hydrogen-bond donors (Lipinski definition) is 2. The minimum Gasteiger partial charge on any atom is -0.337 e. The van der Waals surface area contributed by atoms with E-state index in [0.29, 0.717) is 16.2 Å². The second kappa shape index (κ2) is 3.96. The largest absolute Gasteiger partial charge is 0.337 e. The van der Waals surface area contributed by atoms with Crippen LogP contribution in [-0.2, 0) is 15.0 Å². The van der Waals surface area contributed by atoms with Crippen molar-refractivity contribution in [2.24, 2.45) is 0 Å². The normalized spacial score (nSPS) is 21.8. The molecule has 84 valence electrons. The number of rotatable bonds is 2. The Balaban J connectivity index is 2.59. The first-order valence-corrected chi connectivity index (χ1v) is 5.21. The van der Waals surface area contributed by atoms with Crippen molar-refractivity contribution in [2.45, 2.75) is 18.8 Å². The van der Waals surface area contributed by atoms with Gasteiger partial charge in [0.15, 0.2) is 8.24 Å². The summed E-state index contributed by atoms with van der Waals surface area (Å²) in [4.78, 5) is 24.5. The lowest BCUT2D eigenvalue weighted by atomic mass is 9.75. The Bertz CT molecular complexity index is 458. The van der Waals surface area contributed by atoms with E-state index >= 15 is 0 Å². The Morgan fingerprint density at radius 2 is 1.81 bits per heavy atom. The summed E-state index contributed by atoms with van der Waals surface area (Å²) >= 11 is 0. The Morgan fingerprint density at radius 3 is 2.31 bits per heavy atom. The standard InChI is InChI=1S/C12H14N2O2/c1-2-12(9-6-4-3-5-7-9)10(15)13-8-14-11(12)16/h3-7H,2,8H2,1H3,(H,13,15)(H,14,16)/i/hD2. The Labute approximate surface area is 97.0 Å². The zero-order valence-corrected chi connectivity index (χ0v) is 9.01. The molecule has 0 saturated carbocycles. The van der Waals surface area contributed by atoms with Crippen LogP contribution in [0.15, 0.2) is 30.3 Å². The molecule has 2 N–H and O–H groups in total. The average Bonchev–Trinajstić information content (AvgIpc) is 2.39. The van der Waals surface area contributed by atoms with Crippen molar-refractivity contribution in [3.63, 3.8) is 0 Å². The number of amides is 2. The summed E-state index contributed by atoms with van der Waals surface area (Å²) in [7, 11) is 0. The van der Waals surface area contributed by atoms with Crippen LogP contribution in [0.3, 0.4) is 0 Å². The van der Waals surface area contributed by atoms with Crippen LogP contribution in [0, 0.1) is 0 Å². The zero-order chi connectivity index (χ0) is 13.3. The summed E-state index contributed by atoms with van der Waals surface area (Å²) < 4.78 is 15.2. The Hall–Kier alpha value is -1.84. The van der Waals surface area contributed by atoms with Gasteiger partial charge in [0, 0.05) is 0 Å². The maximum absolute atomic E-state index is 12.2. The molecular weight excluding hydrogens is 204 g/mol. The van der Waals surface area contributed by atoms with Gasteiger partial charge in [-0.05, 0) is 12.0 Å². The van der Waals surface area contributed by atoms with Gasteiger partial charge in [0.05, 0.1) is 6.67 Å². The SMILES string of the molecule is [2H]N1CN([2H])C(=O)C(CC)(c2ccccc2)C1=O. The van der Waals surface area contributed by atoms with Gasteiger partial charge in [-0.1, -0.05) is 37.3 Å². The summed E-state index contributed by atoms with van der Waals surface area (Å²) in [5.74, 6) is -1.13. The van der Waals surface area contributed by atoms with E-state index in [1.165, 1.54) is 0 Å². The first-order valence-electron chi connectivity index (χ1n) is 6.10. The minimum atomic E-state index is -1.43. The van der Waals surface area contributed by atoms with Gasteiger partial charge in [-0.3, -0.25) is 9.59 Å². The van der Waals surface area contributed by atoms with Gasteiger partial charge in [-0.2, -0.15) is 0 Å². The molecule has 0 atom stereocenters. The van der Waals surface area contributed by atoms with Crippen molar-refractivity contribution in [2.75, 3.05) is 6.67 Å². The summed E-state index contributed by atoms with van der Waals surface area (Å²) in [5.41, 5.74) is -0.889. The fourth-order valence-corrected chi connectivity index (χ4v) is 2.00. The van der Waals surface area contributed by atoms with Crippen LogP contribution in [0.4, 0.5) is 0 Å². The molecule has 0 bridgehead atoms. The summed E-state index contributed by atoms with van der Waals surface area (Å²) in [6, 6.07) is 8.65. The van der Waals surface area contributed by atoms with Crippen LogP contribution in [0.2, 0.25) is 2.82 Å². The lowest BCUT2D eigenvalue weighted by Crippen LogP contribution is -2.62. The van der Waals surface area contributed by atoms with Crippen molar-refractivity contribution in [1.82, 2.24) is 10.6 Å². The van der Waals surface area contributed by atoms with Crippen molar-refractivity contribution in [3.8, 4) is 0 Å². The number of hydrogen-bond acceptors (Lipinski definition) is 2. The van der Waals surface area contributed by atoms with Crippen LogP contribution in [0.25, 0.3) is 0 Å². The molecule has 1 saturated heterocycles. The first-order chi connectivity index (χ1) is 8.54. The highest BCUT2D eigenvalue weighted by molar-refractivity contribution is 6.12. The topological polar surface area (TPSA) is 58.2 Å². The van der Waals surface area contributed by atoms with E-state index in [1.54, 1.807) is 37.3 Å². The number of carbonyl (C=O) groups is 2. The van der Waals surface area contributed by atoms with E-state index in [4.69, 9.17) is 2.82 Å². The van der Waals surface area contributed by atoms with Crippen molar-refractivity contribution in [1.29, 1.82) is 0 Å². The van der Waals surface area contributed by atoms with Gasteiger partial charge in [0.25, 0.3) is 0 Å². The molecule has 0 spiro atoms. The molecule has 0 aromatic heterocycles. The summed E-state index contributed by atoms with van der Waals surface area (Å²) in [6.45, 7) is 1.40. The molecule has 4 nitrogen and oxygen atoms in total. The van der Waals surface area contributed by atoms with Crippen molar-refractivity contribution >= 4 is 11.8 Å². The van der Waals surface area contributed by atoms with Gasteiger partial charge < -0.3 is 10.6 Å². The van der Waals surface area contributed by atoms with Crippen molar-refractivity contribution in [3.05, 3.63) is 35.9 Å². The predicted molar refractivity (Wildman–Crippen MR) is 59.6 cm³/mol. The van der Waals surface area contributed by atoms with E-state index in [2.05, 4.69) is 0 Å². The average molecular weight is 220 g/mol. The molecule has 1 aromatic rings. The van der Waals surface area contributed by atoms with Crippen molar-refractivity contribution < 1.29 is 12.4 Å². The molecule has 2 rings (SSSR count). The molecular formula is C12H14N2O2. The molecule has 1 aromatic carbocycles. The van der Waals surface area contributed by atoms with E-state index < -0.39 is 17.2 Å². The van der Waals surface area contributed by atoms with Gasteiger partial charge in [-0.15, -0.1) is 0 Å². The number of carbonyl (C=O) groups excluding carboxylic acids is 2. The fraction of sp³-hybridized carbons (Fsp3) is 0.333. The summed E-state index contributed by atoms with van der Waals surface area (Å²) in [6.07, 6.45) is 0.236. The molecule has 1 aliphatic heterocycles. The van der Waals surface area contributed by atoms with Gasteiger partial charge >= 0.3 is 0 Å². The van der Waals surface area contributed by atoms with E-state index in [1.807, 2.05) is 0 Å². The Morgan fingerprint density at radius 1 is 1.25 bits per heavy atom. The second-order valence-corrected chi connectivity index (χ2v) is 3.69. The van der Waals surface area contributed by atoms with Crippen LogP contribution in [0.5, 0.6) is 0 Å². The summed E-state index contributed by atoms with van der Waals surface area (Å²) in [5, 5.41) is 1.34.